The molecule has 0 unspecified atom stereocenters. The minimum absolute atomic E-state index is 0.225. The molecule has 5 rings (SSSR count). The van der Waals surface area contributed by atoms with Gasteiger partial charge in [-0.15, -0.1) is 10.2 Å². The largest absolute Gasteiger partial charge is 0.486 e. The third-order valence-electron chi connectivity index (χ3n) is 6.39. The molecule has 0 spiro atoms. The van der Waals surface area contributed by atoms with E-state index in [0.29, 0.717) is 34.8 Å². The molecule has 4 aromatic rings. The van der Waals surface area contributed by atoms with E-state index < -0.39 is 0 Å². The monoisotopic (exact) mass is 464 g/mol. The number of fused-ring (bicyclic) bond motifs is 2. The Bertz CT molecular complexity index is 1330. The zero-order valence-electron chi connectivity index (χ0n) is 19.6. The van der Waals surface area contributed by atoms with Crippen molar-refractivity contribution in [3.8, 4) is 17.3 Å². The van der Waals surface area contributed by atoms with Crippen molar-refractivity contribution in [1.29, 1.82) is 0 Å². The highest BCUT2D eigenvalue weighted by Gasteiger charge is 2.25. The summed E-state index contributed by atoms with van der Waals surface area (Å²) in [6.07, 6.45) is 2.82. The van der Waals surface area contributed by atoms with Crippen LogP contribution >= 0.6 is 0 Å². The first-order chi connectivity index (χ1) is 16.4. The van der Waals surface area contributed by atoms with Crippen LogP contribution in [-0.4, -0.2) is 63.4 Å². The molecular weight excluding hydrogens is 435 g/mol. The Morgan fingerprint density at radius 2 is 2.03 bits per heavy atom. The SMILES string of the molecule is COC[C@@H](C)Oc1cc(F)cc2ccc(-c3nnc4ccc([C@H](C)N5CC[C@H](N)C5)cn34)nc12. The summed E-state index contributed by atoms with van der Waals surface area (Å²) in [5.41, 5.74) is 9.19. The highest BCUT2D eigenvalue weighted by molar-refractivity contribution is 5.86. The van der Waals surface area contributed by atoms with Crippen molar-refractivity contribution >= 4 is 16.6 Å². The number of aromatic nitrogens is 4. The maximum Gasteiger partial charge on any atom is 0.187 e. The van der Waals surface area contributed by atoms with Crippen LogP contribution < -0.4 is 10.5 Å². The van der Waals surface area contributed by atoms with Gasteiger partial charge in [0.15, 0.2) is 11.5 Å². The fourth-order valence-electron chi connectivity index (χ4n) is 4.57. The summed E-state index contributed by atoms with van der Waals surface area (Å²) >= 11 is 0. The average molecular weight is 465 g/mol. The summed E-state index contributed by atoms with van der Waals surface area (Å²) in [5.74, 6) is 0.606. The Kier molecular flexibility index (Phi) is 6.16. The topological polar surface area (TPSA) is 90.8 Å². The number of hydrogen-bond acceptors (Lipinski definition) is 7. The lowest BCUT2D eigenvalue weighted by atomic mass is 10.1. The van der Waals surface area contributed by atoms with Gasteiger partial charge in [-0.1, -0.05) is 12.1 Å². The third kappa shape index (κ3) is 4.34. The van der Waals surface area contributed by atoms with Gasteiger partial charge in [-0.2, -0.15) is 0 Å². The normalized spacial score (nSPS) is 18.6. The van der Waals surface area contributed by atoms with Crippen LogP contribution in [0.4, 0.5) is 4.39 Å². The molecule has 1 aromatic carbocycles. The number of likely N-dealkylation sites (tertiary alicyclic amines) is 1. The molecule has 9 heteroatoms. The van der Waals surface area contributed by atoms with Crippen molar-refractivity contribution in [3.63, 3.8) is 0 Å². The van der Waals surface area contributed by atoms with Crippen LogP contribution in [0.5, 0.6) is 5.75 Å². The van der Waals surface area contributed by atoms with Crippen LogP contribution in [-0.2, 0) is 4.74 Å². The average Bonchev–Trinajstić information content (AvgIpc) is 3.44. The molecule has 8 nitrogen and oxygen atoms in total. The predicted molar refractivity (Wildman–Crippen MR) is 128 cm³/mol. The number of rotatable bonds is 7. The van der Waals surface area contributed by atoms with Gasteiger partial charge in [-0.25, -0.2) is 9.37 Å². The summed E-state index contributed by atoms with van der Waals surface area (Å²) in [6.45, 7) is 6.32. The van der Waals surface area contributed by atoms with Crippen LogP contribution in [0.1, 0.15) is 31.9 Å². The van der Waals surface area contributed by atoms with E-state index in [1.54, 1.807) is 7.11 Å². The zero-order chi connectivity index (χ0) is 23.8. The van der Waals surface area contributed by atoms with Gasteiger partial charge in [0.25, 0.3) is 0 Å². The maximum atomic E-state index is 14.2. The molecule has 0 amide bonds. The Morgan fingerprint density at radius 3 is 2.79 bits per heavy atom. The summed E-state index contributed by atoms with van der Waals surface area (Å²) < 4.78 is 27.3. The molecule has 0 radical (unpaired) electrons. The quantitative estimate of drug-likeness (QED) is 0.447. The van der Waals surface area contributed by atoms with Crippen LogP contribution in [0, 0.1) is 5.82 Å². The van der Waals surface area contributed by atoms with Crippen LogP contribution in [0.3, 0.4) is 0 Å². The highest BCUT2D eigenvalue weighted by atomic mass is 19.1. The number of pyridine rings is 2. The van der Waals surface area contributed by atoms with E-state index in [0.717, 1.165) is 30.7 Å². The van der Waals surface area contributed by atoms with E-state index in [4.69, 9.17) is 20.2 Å². The van der Waals surface area contributed by atoms with E-state index in [2.05, 4.69) is 34.3 Å². The van der Waals surface area contributed by atoms with Gasteiger partial charge >= 0.3 is 0 Å². The van der Waals surface area contributed by atoms with Crippen molar-refractivity contribution in [3.05, 3.63) is 54.0 Å². The standard InChI is InChI=1S/C25H29FN6O2/c1-15(14-33-3)34-22-11-19(26)10-17-4-6-21(28-24(17)22)25-30-29-23-7-5-18(12-32(23)25)16(2)31-9-8-20(27)13-31/h4-7,10-12,15-16,20H,8-9,13-14,27H2,1-3H3/t15-,16+,20+/m1/s1. The molecule has 1 fully saturated rings. The molecule has 2 N–H and O–H groups in total. The van der Waals surface area contributed by atoms with E-state index in [9.17, 15) is 4.39 Å². The second-order valence-corrected chi connectivity index (χ2v) is 8.99. The van der Waals surface area contributed by atoms with Crippen molar-refractivity contribution in [2.75, 3.05) is 26.8 Å². The fourth-order valence-corrected chi connectivity index (χ4v) is 4.57. The fraction of sp³-hybridized carbons (Fsp3) is 0.400. The molecule has 0 saturated carbocycles. The number of ether oxygens (including phenoxy) is 2. The highest BCUT2D eigenvalue weighted by Crippen LogP contribution is 2.30. The zero-order valence-corrected chi connectivity index (χ0v) is 19.6. The summed E-state index contributed by atoms with van der Waals surface area (Å²) in [4.78, 5) is 7.19. The second kappa shape index (κ2) is 9.25. The van der Waals surface area contributed by atoms with Crippen LogP contribution in [0.25, 0.3) is 28.1 Å². The lowest BCUT2D eigenvalue weighted by molar-refractivity contribution is 0.0928. The molecule has 0 bridgehead atoms. The lowest BCUT2D eigenvalue weighted by Gasteiger charge is -2.24. The first-order valence-corrected chi connectivity index (χ1v) is 11.5. The van der Waals surface area contributed by atoms with E-state index in [-0.39, 0.29) is 24.0 Å². The van der Waals surface area contributed by atoms with Crippen LogP contribution in [0.2, 0.25) is 0 Å². The molecule has 3 aromatic heterocycles. The minimum atomic E-state index is -0.380. The van der Waals surface area contributed by atoms with Gasteiger partial charge in [0, 0.05) is 49.9 Å². The number of hydrogen-bond donors (Lipinski definition) is 1. The number of methoxy groups -OCH3 is 1. The first-order valence-electron chi connectivity index (χ1n) is 11.5. The molecule has 1 aliphatic heterocycles. The Hall–Kier alpha value is -3.14. The molecule has 34 heavy (non-hydrogen) atoms. The Morgan fingerprint density at radius 1 is 1.18 bits per heavy atom. The smallest absolute Gasteiger partial charge is 0.187 e. The van der Waals surface area contributed by atoms with E-state index >= 15 is 0 Å². The molecule has 3 atom stereocenters. The van der Waals surface area contributed by atoms with Crippen molar-refractivity contribution < 1.29 is 13.9 Å². The predicted octanol–water partition coefficient (Wildman–Crippen LogP) is 3.59. The maximum absolute atomic E-state index is 14.2. The van der Waals surface area contributed by atoms with Gasteiger partial charge in [0.05, 0.1) is 6.61 Å². The first kappa shape index (κ1) is 22.6. The summed E-state index contributed by atoms with van der Waals surface area (Å²) in [6, 6.07) is 11.0. The summed E-state index contributed by atoms with van der Waals surface area (Å²) in [5, 5.41) is 9.38. The molecule has 1 aliphatic rings. The van der Waals surface area contributed by atoms with Gasteiger partial charge in [-0.3, -0.25) is 9.30 Å². The number of halogens is 1. The Balaban J connectivity index is 1.54. The van der Waals surface area contributed by atoms with Crippen molar-refractivity contribution in [1.82, 2.24) is 24.5 Å². The summed E-state index contributed by atoms with van der Waals surface area (Å²) in [7, 11) is 1.60. The lowest BCUT2D eigenvalue weighted by Crippen LogP contribution is -2.28. The number of nitrogens with two attached hydrogens (primary N) is 1. The molecule has 0 aliphatic carbocycles. The Labute approximate surface area is 197 Å². The van der Waals surface area contributed by atoms with Crippen molar-refractivity contribution in [2.45, 2.75) is 38.5 Å². The van der Waals surface area contributed by atoms with Gasteiger partial charge in [0.2, 0.25) is 0 Å². The minimum Gasteiger partial charge on any atom is -0.486 e. The molecular formula is C25H29FN6O2. The van der Waals surface area contributed by atoms with E-state index in [1.165, 1.54) is 12.1 Å². The van der Waals surface area contributed by atoms with Gasteiger partial charge in [0.1, 0.15) is 28.9 Å². The number of benzene rings is 1. The third-order valence-corrected chi connectivity index (χ3v) is 6.39. The number of nitrogens with zero attached hydrogens (tertiary/aromatic N) is 5. The van der Waals surface area contributed by atoms with Gasteiger partial charge < -0.3 is 15.2 Å². The second-order valence-electron chi connectivity index (χ2n) is 8.99. The van der Waals surface area contributed by atoms with Crippen molar-refractivity contribution in [2.24, 2.45) is 5.73 Å². The van der Waals surface area contributed by atoms with Crippen LogP contribution in [0.15, 0.2) is 42.6 Å². The van der Waals surface area contributed by atoms with E-state index in [1.807, 2.05) is 29.5 Å². The molecule has 4 heterocycles. The van der Waals surface area contributed by atoms with Gasteiger partial charge in [-0.05, 0) is 44.0 Å². The molecule has 1 saturated heterocycles. The molecule has 178 valence electrons.